The molecular weight excluding hydrogens is 222 g/mol. The second-order valence-corrected chi connectivity index (χ2v) is 4.37. The van der Waals surface area contributed by atoms with Crippen LogP contribution in [0.2, 0.25) is 0 Å². The van der Waals surface area contributed by atoms with Crippen LogP contribution in [0.15, 0.2) is 48.7 Å². The molecule has 0 radical (unpaired) electrons. The molecule has 1 heterocycles. The molecule has 0 saturated heterocycles. The molecule has 3 heteroatoms. The molecule has 0 aliphatic carbocycles. The zero-order chi connectivity index (χ0) is 12.8. The van der Waals surface area contributed by atoms with Gasteiger partial charge in [-0.2, -0.15) is 0 Å². The number of anilines is 2. The van der Waals surface area contributed by atoms with Crippen LogP contribution in [-0.2, 0) is 0 Å². The van der Waals surface area contributed by atoms with Gasteiger partial charge in [0.15, 0.2) is 0 Å². The minimum atomic E-state index is 0.484. The molecule has 3 nitrogen and oxygen atoms in total. The summed E-state index contributed by atoms with van der Waals surface area (Å²) in [6.45, 7) is 3.14. The normalized spacial score (nSPS) is 11.9. The maximum Gasteiger partial charge on any atom is 0.127 e. The van der Waals surface area contributed by atoms with E-state index in [4.69, 9.17) is 0 Å². The number of pyridine rings is 1. The zero-order valence-corrected chi connectivity index (χ0v) is 10.9. The van der Waals surface area contributed by atoms with Crippen LogP contribution in [0.1, 0.15) is 18.4 Å². The van der Waals surface area contributed by atoms with E-state index in [2.05, 4.69) is 46.8 Å². The van der Waals surface area contributed by atoms with Crippen molar-refractivity contribution >= 4 is 11.5 Å². The fourth-order valence-corrected chi connectivity index (χ4v) is 1.85. The fourth-order valence-electron chi connectivity index (χ4n) is 1.85. The van der Waals surface area contributed by atoms with Gasteiger partial charge in [0.2, 0.25) is 0 Å². The first-order chi connectivity index (χ1) is 8.79. The summed E-state index contributed by atoms with van der Waals surface area (Å²) in [6, 6.07) is 14.5. The molecule has 0 aliphatic heterocycles. The molecule has 2 aromatic rings. The van der Waals surface area contributed by atoms with Crippen LogP contribution in [0.4, 0.5) is 11.5 Å². The lowest BCUT2D eigenvalue weighted by Crippen LogP contribution is -2.10. The average molecular weight is 241 g/mol. The fraction of sp³-hybridized carbons (Fsp3) is 0.267. The Morgan fingerprint density at radius 1 is 1.17 bits per heavy atom. The predicted octanol–water partition coefficient (Wildman–Crippen LogP) is 3.34. The number of benzene rings is 1. The molecule has 0 spiro atoms. The van der Waals surface area contributed by atoms with Crippen molar-refractivity contribution in [1.29, 1.82) is 0 Å². The Morgan fingerprint density at radius 3 is 2.67 bits per heavy atom. The maximum absolute atomic E-state index is 4.19. The molecule has 0 amide bonds. The Hall–Kier alpha value is -2.03. The highest BCUT2D eigenvalue weighted by molar-refractivity contribution is 5.51. The Labute approximate surface area is 108 Å². The average Bonchev–Trinajstić information content (AvgIpc) is 2.46. The third-order valence-corrected chi connectivity index (χ3v) is 3.00. The van der Waals surface area contributed by atoms with Gasteiger partial charge in [0.1, 0.15) is 5.82 Å². The van der Waals surface area contributed by atoms with E-state index in [0.29, 0.717) is 5.92 Å². The number of hydrogen-bond acceptors (Lipinski definition) is 3. The Balaban J connectivity index is 1.95. The summed E-state index contributed by atoms with van der Waals surface area (Å²) in [5.74, 6) is 1.37. The third-order valence-electron chi connectivity index (χ3n) is 3.00. The summed E-state index contributed by atoms with van der Waals surface area (Å²) < 4.78 is 0. The first-order valence-corrected chi connectivity index (χ1v) is 6.22. The molecule has 1 aromatic heterocycles. The maximum atomic E-state index is 4.19. The van der Waals surface area contributed by atoms with Crippen LogP contribution in [0.25, 0.3) is 0 Å². The number of hydrogen-bond donors (Lipinski definition) is 2. The van der Waals surface area contributed by atoms with Gasteiger partial charge in [-0.1, -0.05) is 37.3 Å². The lowest BCUT2D eigenvalue weighted by Gasteiger charge is -2.14. The molecule has 0 bridgehead atoms. The highest BCUT2D eigenvalue weighted by Gasteiger charge is 2.04. The van der Waals surface area contributed by atoms with E-state index in [1.54, 1.807) is 6.20 Å². The summed E-state index contributed by atoms with van der Waals surface area (Å²) in [4.78, 5) is 4.19. The molecular formula is C15H19N3. The topological polar surface area (TPSA) is 37.0 Å². The van der Waals surface area contributed by atoms with Gasteiger partial charge in [0, 0.05) is 31.5 Å². The summed E-state index contributed by atoms with van der Waals surface area (Å²) in [5.41, 5.74) is 2.45. The van der Waals surface area contributed by atoms with Crippen molar-refractivity contribution in [1.82, 2.24) is 4.98 Å². The molecule has 0 fully saturated rings. The van der Waals surface area contributed by atoms with Gasteiger partial charge in [-0.05, 0) is 17.5 Å². The van der Waals surface area contributed by atoms with Crippen LogP contribution < -0.4 is 10.6 Å². The van der Waals surface area contributed by atoms with Crippen molar-refractivity contribution in [2.45, 2.75) is 12.8 Å². The second-order valence-electron chi connectivity index (χ2n) is 4.37. The molecule has 94 valence electrons. The predicted molar refractivity (Wildman–Crippen MR) is 77.1 cm³/mol. The summed E-state index contributed by atoms with van der Waals surface area (Å²) in [6.07, 6.45) is 1.81. The van der Waals surface area contributed by atoms with E-state index in [1.165, 1.54) is 5.56 Å². The third kappa shape index (κ3) is 3.23. The molecule has 0 aliphatic rings. The number of aromatic nitrogens is 1. The van der Waals surface area contributed by atoms with E-state index in [0.717, 1.165) is 18.1 Å². The minimum Gasteiger partial charge on any atom is -0.384 e. The summed E-state index contributed by atoms with van der Waals surface area (Å²) in [5, 5.41) is 6.47. The van der Waals surface area contributed by atoms with Gasteiger partial charge in [0.05, 0.1) is 0 Å². The number of nitrogens with zero attached hydrogens (tertiary/aromatic N) is 1. The summed E-state index contributed by atoms with van der Waals surface area (Å²) >= 11 is 0. The van der Waals surface area contributed by atoms with Crippen molar-refractivity contribution in [3.05, 3.63) is 54.2 Å². The van der Waals surface area contributed by atoms with E-state index in [1.807, 2.05) is 25.2 Å². The van der Waals surface area contributed by atoms with Crippen molar-refractivity contribution in [3.63, 3.8) is 0 Å². The molecule has 0 saturated carbocycles. The van der Waals surface area contributed by atoms with Crippen LogP contribution in [0.5, 0.6) is 0 Å². The molecule has 2 N–H and O–H groups in total. The highest BCUT2D eigenvalue weighted by Crippen LogP contribution is 2.17. The van der Waals surface area contributed by atoms with E-state index >= 15 is 0 Å². The lowest BCUT2D eigenvalue weighted by atomic mass is 10.0. The zero-order valence-electron chi connectivity index (χ0n) is 10.9. The van der Waals surface area contributed by atoms with Crippen molar-refractivity contribution < 1.29 is 0 Å². The van der Waals surface area contributed by atoms with Crippen LogP contribution in [0, 0.1) is 0 Å². The standard InChI is InChI=1S/C15H19N3/c1-12(13-6-4-3-5-7-13)11-18-14-8-9-17-15(10-14)16-2/h3-10,12H,11H2,1-2H3,(H2,16,17,18). The van der Waals surface area contributed by atoms with E-state index < -0.39 is 0 Å². The van der Waals surface area contributed by atoms with Crippen LogP contribution >= 0.6 is 0 Å². The first kappa shape index (κ1) is 12.4. The molecule has 1 unspecified atom stereocenters. The monoisotopic (exact) mass is 241 g/mol. The van der Waals surface area contributed by atoms with Crippen molar-refractivity contribution in [3.8, 4) is 0 Å². The van der Waals surface area contributed by atoms with Crippen LogP contribution in [-0.4, -0.2) is 18.6 Å². The van der Waals surface area contributed by atoms with E-state index in [9.17, 15) is 0 Å². The van der Waals surface area contributed by atoms with Crippen LogP contribution in [0.3, 0.4) is 0 Å². The molecule has 2 rings (SSSR count). The van der Waals surface area contributed by atoms with Gasteiger partial charge in [-0.3, -0.25) is 0 Å². The smallest absolute Gasteiger partial charge is 0.127 e. The minimum absolute atomic E-state index is 0.484. The van der Waals surface area contributed by atoms with Crippen molar-refractivity contribution in [2.75, 3.05) is 24.2 Å². The number of nitrogens with one attached hydrogen (secondary N) is 2. The lowest BCUT2D eigenvalue weighted by molar-refractivity contribution is 0.805. The Bertz CT molecular complexity index is 482. The quantitative estimate of drug-likeness (QED) is 0.843. The molecule has 1 atom stereocenters. The Kier molecular flexibility index (Phi) is 4.18. The van der Waals surface area contributed by atoms with Gasteiger partial charge in [-0.15, -0.1) is 0 Å². The second kappa shape index (κ2) is 6.05. The molecule has 1 aromatic carbocycles. The first-order valence-electron chi connectivity index (χ1n) is 6.22. The SMILES string of the molecule is CNc1cc(NCC(C)c2ccccc2)ccn1. The molecule has 18 heavy (non-hydrogen) atoms. The highest BCUT2D eigenvalue weighted by atomic mass is 15.0. The van der Waals surface area contributed by atoms with E-state index in [-0.39, 0.29) is 0 Å². The van der Waals surface area contributed by atoms with Gasteiger partial charge in [0.25, 0.3) is 0 Å². The van der Waals surface area contributed by atoms with Gasteiger partial charge >= 0.3 is 0 Å². The van der Waals surface area contributed by atoms with Crippen molar-refractivity contribution in [2.24, 2.45) is 0 Å². The van der Waals surface area contributed by atoms with Gasteiger partial charge in [-0.25, -0.2) is 4.98 Å². The number of rotatable bonds is 5. The summed E-state index contributed by atoms with van der Waals surface area (Å²) in [7, 11) is 1.87. The Morgan fingerprint density at radius 2 is 1.94 bits per heavy atom. The largest absolute Gasteiger partial charge is 0.384 e. The van der Waals surface area contributed by atoms with Gasteiger partial charge < -0.3 is 10.6 Å².